The van der Waals surface area contributed by atoms with Crippen molar-refractivity contribution >= 4 is 31.6 Å². The first kappa shape index (κ1) is 9.54. The van der Waals surface area contributed by atoms with Crippen molar-refractivity contribution in [3.8, 4) is 0 Å². The van der Waals surface area contributed by atoms with Crippen LogP contribution in [0.5, 0.6) is 0 Å². The van der Waals surface area contributed by atoms with Gasteiger partial charge in [0.15, 0.2) is 0 Å². The molecule has 0 amide bonds. The molecule has 0 aliphatic heterocycles. The summed E-state index contributed by atoms with van der Waals surface area (Å²) in [6.07, 6.45) is 1.10. The van der Waals surface area contributed by atoms with Crippen LogP contribution in [-0.4, -0.2) is 14.7 Å². The number of halogens is 1. The van der Waals surface area contributed by atoms with Crippen molar-refractivity contribution in [2.24, 2.45) is 0 Å². The summed E-state index contributed by atoms with van der Waals surface area (Å²) in [6, 6.07) is 7.74. The van der Waals surface area contributed by atoms with Crippen molar-refractivity contribution in [3.05, 3.63) is 28.7 Å². The summed E-state index contributed by atoms with van der Waals surface area (Å²) in [5.74, 6) is 0. The zero-order chi connectivity index (χ0) is 9.19. The molecule has 1 N–H and O–H groups in total. The van der Waals surface area contributed by atoms with E-state index < -0.39 is 10.0 Å². The van der Waals surface area contributed by atoms with Crippen molar-refractivity contribution < 1.29 is 8.42 Å². The van der Waals surface area contributed by atoms with E-state index in [9.17, 15) is 8.42 Å². The van der Waals surface area contributed by atoms with Gasteiger partial charge in [0.2, 0.25) is 10.0 Å². The fourth-order valence-electron chi connectivity index (χ4n) is 0.689. The summed E-state index contributed by atoms with van der Waals surface area (Å²) in [6.45, 7) is 0. The van der Waals surface area contributed by atoms with Crippen LogP contribution < -0.4 is 4.72 Å². The average Bonchev–Trinajstić information content (AvgIpc) is 1.91. The largest absolute Gasteiger partial charge is 0.283 e. The molecule has 0 aliphatic rings. The molecule has 1 rings (SSSR count). The zero-order valence-corrected chi connectivity index (χ0v) is 8.74. The Kier molecular flexibility index (Phi) is 2.74. The summed E-state index contributed by atoms with van der Waals surface area (Å²) in [5, 5.41) is 0. The standard InChI is InChI=1S/C7H7BrNO2S/c1-12(10,11)9-7-5-3-2-4-6(7)8/h2,4-5,9H,1H3. The van der Waals surface area contributed by atoms with Gasteiger partial charge < -0.3 is 0 Å². The molecule has 12 heavy (non-hydrogen) atoms. The van der Waals surface area contributed by atoms with E-state index in [0.29, 0.717) is 10.2 Å². The van der Waals surface area contributed by atoms with Crippen LogP contribution in [0.15, 0.2) is 22.7 Å². The van der Waals surface area contributed by atoms with Gasteiger partial charge in [-0.3, -0.25) is 4.72 Å². The Bertz CT molecular complexity index is 375. The van der Waals surface area contributed by atoms with Gasteiger partial charge in [0.25, 0.3) is 0 Å². The van der Waals surface area contributed by atoms with Crippen molar-refractivity contribution in [2.45, 2.75) is 0 Å². The third-order valence-corrected chi connectivity index (χ3v) is 2.39. The topological polar surface area (TPSA) is 46.2 Å². The van der Waals surface area contributed by atoms with E-state index in [1.54, 1.807) is 18.2 Å². The molecule has 0 spiro atoms. The maximum Gasteiger partial charge on any atom is 0.229 e. The number of hydrogen-bond donors (Lipinski definition) is 1. The Balaban J connectivity index is 2.98. The highest BCUT2D eigenvalue weighted by atomic mass is 79.9. The minimum absolute atomic E-state index is 0.500. The normalized spacial score (nSPS) is 11.2. The number of benzene rings is 1. The molecule has 0 heterocycles. The molecule has 0 bridgehead atoms. The van der Waals surface area contributed by atoms with E-state index in [1.165, 1.54) is 0 Å². The molecular weight excluding hydrogens is 242 g/mol. The second-order valence-corrected chi connectivity index (χ2v) is 4.88. The van der Waals surface area contributed by atoms with Crippen LogP contribution in [0.3, 0.4) is 0 Å². The van der Waals surface area contributed by atoms with E-state index in [2.05, 4.69) is 26.7 Å². The molecule has 1 radical (unpaired) electrons. The van der Waals surface area contributed by atoms with Gasteiger partial charge in [-0.1, -0.05) is 6.07 Å². The number of nitrogens with one attached hydrogen (secondary N) is 1. The summed E-state index contributed by atoms with van der Waals surface area (Å²) in [4.78, 5) is 0. The zero-order valence-electron chi connectivity index (χ0n) is 6.33. The molecule has 0 atom stereocenters. The lowest BCUT2D eigenvalue weighted by molar-refractivity contribution is 0.607. The van der Waals surface area contributed by atoms with Gasteiger partial charge in [-0.25, -0.2) is 8.42 Å². The van der Waals surface area contributed by atoms with Gasteiger partial charge in [0, 0.05) is 4.47 Å². The maximum absolute atomic E-state index is 10.8. The molecule has 3 nitrogen and oxygen atoms in total. The highest BCUT2D eigenvalue weighted by Gasteiger charge is 2.03. The number of hydrogen-bond acceptors (Lipinski definition) is 2. The van der Waals surface area contributed by atoms with Crippen molar-refractivity contribution in [2.75, 3.05) is 11.0 Å². The smallest absolute Gasteiger partial charge is 0.229 e. The summed E-state index contributed by atoms with van der Waals surface area (Å²) >= 11 is 3.20. The highest BCUT2D eigenvalue weighted by Crippen LogP contribution is 2.21. The number of sulfonamides is 1. The van der Waals surface area contributed by atoms with E-state index >= 15 is 0 Å². The predicted octanol–water partition coefficient (Wildman–Crippen LogP) is 1.62. The monoisotopic (exact) mass is 248 g/mol. The van der Waals surface area contributed by atoms with Crippen molar-refractivity contribution in [3.63, 3.8) is 0 Å². The van der Waals surface area contributed by atoms with Gasteiger partial charge in [-0.05, 0) is 34.1 Å². The Hall–Kier alpha value is -0.550. The second-order valence-electron chi connectivity index (χ2n) is 2.28. The summed E-state index contributed by atoms with van der Waals surface area (Å²) in [5.41, 5.74) is 0.500. The molecule has 0 aliphatic carbocycles. The third kappa shape index (κ3) is 2.83. The lowest BCUT2D eigenvalue weighted by Gasteiger charge is -2.04. The first-order valence-electron chi connectivity index (χ1n) is 3.12. The third-order valence-electron chi connectivity index (χ3n) is 1.11. The van der Waals surface area contributed by atoms with E-state index in [0.717, 1.165) is 6.26 Å². The molecule has 0 saturated heterocycles. The average molecular weight is 249 g/mol. The van der Waals surface area contributed by atoms with Crippen molar-refractivity contribution in [1.82, 2.24) is 0 Å². The van der Waals surface area contributed by atoms with Crippen LogP contribution in [0.1, 0.15) is 0 Å². The minimum atomic E-state index is -3.20. The Morgan fingerprint density at radius 3 is 2.75 bits per heavy atom. The Morgan fingerprint density at radius 2 is 2.25 bits per heavy atom. The second kappa shape index (κ2) is 3.45. The molecule has 5 heteroatoms. The van der Waals surface area contributed by atoms with Crippen LogP contribution in [0.25, 0.3) is 0 Å². The molecule has 0 aromatic heterocycles. The molecular formula is C7H7BrNO2S. The van der Waals surface area contributed by atoms with Crippen LogP contribution in [0.4, 0.5) is 5.69 Å². The van der Waals surface area contributed by atoms with E-state index in [-0.39, 0.29) is 0 Å². The fraction of sp³-hybridized carbons (Fsp3) is 0.143. The number of rotatable bonds is 2. The minimum Gasteiger partial charge on any atom is -0.283 e. The Labute approximate surface area is 80.0 Å². The van der Waals surface area contributed by atoms with Crippen LogP contribution in [0.2, 0.25) is 0 Å². The number of anilines is 1. The van der Waals surface area contributed by atoms with E-state index in [4.69, 9.17) is 0 Å². The molecule has 1 aromatic carbocycles. The molecule has 65 valence electrons. The SMILES string of the molecule is CS(=O)(=O)Nc1c[c]ccc1Br. The van der Waals surface area contributed by atoms with Crippen LogP contribution >= 0.6 is 15.9 Å². The van der Waals surface area contributed by atoms with Crippen molar-refractivity contribution in [1.29, 1.82) is 0 Å². The van der Waals surface area contributed by atoms with Crippen LogP contribution in [0, 0.1) is 6.07 Å². The molecule has 1 aromatic rings. The molecule has 0 fully saturated rings. The molecule has 0 saturated carbocycles. The summed E-state index contributed by atoms with van der Waals surface area (Å²) in [7, 11) is -3.20. The van der Waals surface area contributed by atoms with Gasteiger partial charge in [0.1, 0.15) is 0 Å². The first-order valence-corrected chi connectivity index (χ1v) is 5.81. The lowest BCUT2D eigenvalue weighted by atomic mass is 10.3. The van der Waals surface area contributed by atoms with Gasteiger partial charge in [-0.2, -0.15) is 0 Å². The highest BCUT2D eigenvalue weighted by molar-refractivity contribution is 9.10. The maximum atomic E-state index is 10.8. The fourth-order valence-corrected chi connectivity index (χ4v) is 1.73. The van der Waals surface area contributed by atoms with Crippen LogP contribution in [-0.2, 0) is 10.0 Å². The lowest BCUT2D eigenvalue weighted by Crippen LogP contribution is -2.09. The Morgan fingerprint density at radius 1 is 1.58 bits per heavy atom. The van der Waals surface area contributed by atoms with Gasteiger partial charge >= 0.3 is 0 Å². The quantitative estimate of drug-likeness (QED) is 0.865. The van der Waals surface area contributed by atoms with Gasteiger partial charge in [0.05, 0.1) is 11.9 Å². The first-order chi connectivity index (χ1) is 5.49. The van der Waals surface area contributed by atoms with Gasteiger partial charge in [-0.15, -0.1) is 0 Å². The summed E-state index contributed by atoms with van der Waals surface area (Å²) < 4.78 is 24.7. The van der Waals surface area contributed by atoms with E-state index in [1.807, 2.05) is 0 Å². The predicted molar refractivity (Wildman–Crippen MR) is 51.4 cm³/mol. The molecule has 0 unspecified atom stereocenters.